The number of amides is 2. The van der Waals surface area contributed by atoms with Gasteiger partial charge in [-0.15, -0.1) is 0 Å². The van der Waals surface area contributed by atoms with E-state index in [1.54, 1.807) is 48.5 Å². The van der Waals surface area contributed by atoms with E-state index >= 15 is 0 Å². The highest BCUT2D eigenvalue weighted by atomic mass is 16.6. The Bertz CT molecular complexity index is 677. The monoisotopic (exact) mass is 440 g/mol. The van der Waals surface area contributed by atoms with Gasteiger partial charge in [-0.2, -0.15) is 0 Å². The molecular formula is C23H40N2O6. The van der Waals surface area contributed by atoms with Gasteiger partial charge in [-0.1, -0.05) is 19.1 Å². The van der Waals surface area contributed by atoms with Crippen molar-refractivity contribution < 1.29 is 29.0 Å². The molecule has 8 nitrogen and oxygen atoms in total. The lowest BCUT2D eigenvalue weighted by molar-refractivity contribution is -0.160. The molecule has 5 atom stereocenters. The number of ether oxygens (including phenoxy) is 2. The number of hydrogen-bond acceptors (Lipinski definition) is 6. The van der Waals surface area contributed by atoms with Crippen LogP contribution in [0.3, 0.4) is 0 Å². The quantitative estimate of drug-likeness (QED) is 0.485. The number of carbonyl (C=O) groups excluding carboxylic acids is 3. The first-order valence-electron chi connectivity index (χ1n) is 10.9. The fourth-order valence-corrected chi connectivity index (χ4v) is 3.84. The van der Waals surface area contributed by atoms with Gasteiger partial charge in [0.2, 0.25) is 5.91 Å². The second kappa shape index (κ2) is 10.5. The Morgan fingerprint density at radius 2 is 1.68 bits per heavy atom. The van der Waals surface area contributed by atoms with Gasteiger partial charge in [0.15, 0.2) is 0 Å². The number of carbonyl (C=O) groups is 3. The zero-order valence-corrected chi connectivity index (χ0v) is 20.4. The van der Waals surface area contributed by atoms with Crippen molar-refractivity contribution in [2.45, 2.75) is 111 Å². The Labute approximate surface area is 186 Å². The van der Waals surface area contributed by atoms with Gasteiger partial charge in [0, 0.05) is 12.8 Å². The highest BCUT2D eigenvalue weighted by Crippen LogP contribution is 2.37. The Kier molecular flexibility index (Phi) is 9.11. The highest BCUT2D eigenvalue weighted by Gasteiger charge is 2.53. The maximum atomic E-state index is 13.3. The molecule has 8 heteroatoms. The summed E-state index contributed by atoms with van der Waals surface area (Å²) in [5, 5.41) is 13.5. The molecule has 0 aromatic rings. The van der Waals surface area contributed by atoms with Gasteiger partial charge in [-0.05, 0) is 61.3 Å². The van der Waals surface area contributed by atoms with E-state index in [1.807, 2.05) is 19.1 Å². The molecule has 0 aromatic heterocycles. The van der Waals surface area contributed by atoms with Crippen LogP contribution < -0.4 is 5.32 Å². The van der Waals surface area contributed by atoms with E-state index in [9.17, 15) is 19.5 Å². The van der Waals surface area contributed by atoms with Crippen LogP contribution in [0.1, 0.15) is 75.2 Å². The van der Waals surface area contributed by atoms with E-state index in [1.165, 1.54) is 11.8 Å². The lowest BCUT2D eigenvalue weighted by Gasteiger charge is -2.39. The number of rotatable bonds is 6. The van der Waals surface area contributed by atoms with E-state index in [4.69, 9.17) is 9.47 Å². The Morgan fingerprint density at radius 1 is 1.13 bits per heavy atom. The van der Waals surface area contributed by atoms with Crippen molar-refractivity contribution in [3.05, 3.63) is 12.2 Å². The predicted octanol–water partition coefficient (Wildman–Crippen LogP) is 3.17. The second-order valence-electron chi connectivity index (χ2n) is 10.1. The zero-order chi connectivity index (χ0) is 24.1. The molecule has 2 amide bonds. The van der Waals surface area contributed by atoms with Crippen LogP contribution in [0.2, 0.25) is 0 Å². The number of nitrogens with one attached hydrogen (secondary N) is 1. The summed E-state index contributed by atoms with van der Waals surface area (Å²) in [6.07, 6.45) is 2.80. The van der Waals surface area contributed by atoms with Crippen molar-refractivity contribution in [1.29, 1.82) is 0 Å². The van der Waals surface area contributed by atoms with Crippen molar-refractivity contribution in [1.82, 2.24) is 10.2 Å². The third-order valence-corrected chi connectivity index (χ3v) is 4.88. The molecule has 1 aliphatic heterocycles. The van der Waals surface area contributed by atoms with Gasteiger partial charge < -0.3 is 19.9 Å². The summed E-state index contributed by atoms with van der Waals surface area (Å²) in [5.74, 6) is -1.16. The van der Waals surface area contributed by atoms with Gasteiger partial charge >= 0.3 is 12.1 Å². The van der Waals surface area contributed by atoms with Crippen LogP contribution in [0.25, 0.3) is 0 Å². The smallest absolute Gasteiger partial charge is 0.411 e. The third-order valence-electron chi connectivity index (χ3n) is 4.88. The first-order valence-corrected chi connectivity index (χ1v) is 10.9. The van der Waals surface area contributed by atoms with Crippen LogP contribution >= 0.6 is 0 Å². The first-order chi connectivity index (χ1) is 14.1. The minimum atomic E-state index is -0.913. The molecule has 1 fully saturated rings. The van der Waals surface area contributed by atoms with E-state index in [2.05, 4.69) is 5.32 Å². The lowest BCUT2D eigenvalue weighted by atomic mass is 9.89. The number of allylic oxidation sites excluding steroid dienone is 1. The minimum Gasteiger partial charge on any atom is -0.458 e. The summed E-state index contributed by atoms with van der Waals surface area (Å²) in [4.78, 5) is 39.6. The maximum Gasteiger partial charge on any atom is 0.411 e. The van der Waals surface area contributed by atoms with Crippen LogP contribution in [-0.4, -0.2) is 63.4 Å². The summed E-state index contributed by atoms with van der Waals surface area (Å²) in [6, 6.07) is -2.35. The van der Waals surface area contributed by atoms with E-state index in [0.717, 1.165) is 0 Å². The average molecular weight is 441 g/mol. The molecule has 31 heavy (non-hydrogen) atoms. The zero-order valence-electron chi connectivity index (χ0n) is 20.4. The predicted molar refractivity (Wildman–Crippen MR) is 118 cm³/mol. The molecule has 1 saturated heterocycles. The molecule has 1 aliphatic rings. The molecule has 178 valence electrons. The first kappa shape index (κ1) is 26.9. The number of likely N-dealkylation sites (tertiary alicyclic amines) is 1. The van der Waals surface area contributed by atoms with Crippen molar-refractivity contribution in [3.8, 4) is 0 Å². The molecule has 0 aliphatic carbocycles. The molecule has 0 radical (unpaired) electrons. The minimum absolute atomic E-state index is 0.284. The largest absolute Gasteiger partial charge is 0.458 e. The van der Waals surface area contributed by atoms with Crippen LogP contribution in [0, 0.1) is 5.92 Å². The van der Waals surface area contributed by atoms with Crippen LogP contribution in [0.5, 0.6) is 0 Å². The molecule has 0 aromatic carbocycles. The number of nitrogens with zero attached hydrogens (tertiary/aromatic N) is 1. The summed E-state index contributed by atoms with van der Waals surface area (Å²) in [5.41, 5.74) is -1.52. The molecule has 0 saturated carbocycles. The number of esters is 1. The number of aliphatic hydroxyl groups is 1. The Morgan fingerprint density at radius 3 is 2.10 bits per heavy atom. The Balaban J connectivity index is 3.54. The van der Waals surface area contributed by atoms with E-state index < -0.39 is 47.5 Å². The second-order valence-corrected chi connectivity index (χ2v) is 10.1. The van der Waals surface area contributed by atoms with Gasteiger partial charge in [-0.25, -0.2) is 9.59 Å². The molecule has 0 unspecified atom stereocenters. The molecule has 0 spiro atoms. The van der Waals surface area contributed by atoms with E-state index in [0.29, 0.717) is 12.8 Å². The van der Waals surface area contributed by atoms with Crippen molar-refractivity contribution in [2.24, 2.45) is 5.92 Å². The number of aliphatic hydroxyl groups excluding tert-OH is 1. The van der Waals surface area contributed by atoms with Gasteiger partial charge in [0.1, 0.15) is 17.2 Å². The topological polar surface area (TPSA) is 105 Å². The van der Waals surface area contributed by atoms with Crippen LogP contribution in [-0.2, 0) is 19.1 Å². The fourth-order valence-electron chi connectivity index (χ4n) is 3.84. The Hall–Kier alpha value is -2.09. The van der Waals surface area contributed by atoms with Crippen molar-refractivity contribution >= 4 is 18.0 Å². The normalized spacial score (nSPS) is 24.1. The van der Waals surface area contributed by atoms with Crippen molar-refractivity contribution in [2.75, 3.05) is 0 Å². The summed E-state index contributed by atoms with van der Waals surface area (Å²) in [6.45, 7) is 15.5. The van der Waals surface area contributed by atoms with Crippen molar-refractivity contribution in [3.63, 3.8) is 0 Å². The molecule has 1 rings (SSSR count). The van der Waals surface area contributed by atoms with Gasteiger partial charge in [-0.3, -0.25) is 9.69 Å². The lowest BCUT2D eigenvalue weighted by Crippen LogP contribution is -2.60. The summed E-state index contributed by atoms with van der Waals surface area (Å²) in [7, 11) is 0. The third kappa shape index (κ3) is 7.83. The van der Waals surface area contributed by atoms with Gasteiger partial charge in [0.25, 0.3) is 0 Å². The summed E-state index contributed by atoms with van der Waals surface area (Å²) < 4.78 is 11.2. The number of hydrogen-bond donors (Lipinski definition) is 2. The van der Waals surface area contributed by atoms with Gasteiger partial charge in [0.05, 0.1) is 18.2 Å². The van der Waals surface area contributed by atoms with E-state index in [-0.39, 0.29) is 11.8 Å². The molecule has 2 N–H and O–H groups in total. The maximum absolute atomic E-state index is 13.3. The molecule has 0 bridgehead atoms. The summed E-state index contributed by atoms with van der Waals surface area (Å²) >= 11 is 0. The molecular weight excluding hydrogens is 400 g/mol. The molecule has 1 heterocycles. The van der Waals surface area contributed by atoms with Crippen LogP contribution in [0.4, 0.5) is 4.79 Å². The fraction of sp³-hybridized carbons (Fsp3) is 0.783. The van der Waals surface area contributed by atoms with Crippen LogP contribution in [0.15, 0.2) is 12.2 Å². The highest BCUT2D eigenvalue weighted by molar-refractivity contribution is 5.83. The standard InChI is InChI=1S/C23H40N2O6/c1-10-12-15-13-16(20(28)30-22(4,5)6)25(21(29)31-23(7,8)9)19(15)18(17(27)11-2)24-14(3)26/h10,12,15-19,27H,11,13H2,1-9H3,(H,24,26)/t15-,16-,17+,18+,19-/m1/s1. The average Bonchev–Trinajstić information content (AvgIpc) is 2.95. The SMILES string of the molecule is CC=C[C@@H]1C[C@H](C(=O)OC(C)(C)C)N(C(=O)OC(C)(C)C)[C@H]1[C@@H](NC(C)=O)[C@@H](O)CC.